The van der Waals surface area contributed by atoms with Gasteiger partial charge >= 0.3 is 0 Å². The van der Waals surface area contributed by atoms with E-state index in [9.17, 15) is 4.79 Å². The average molecular weight is 369 g/mol. The summed E-state index contributed by atoms with van der Waals surface area (Å²) in [6.07, 6.45) is 0. The first kappa shape index (κ1) is 15.9. The van der Waals surface area contributed by atoms with Crippen LogP contribution in [0.3, 0.4) is 0 Å². The third-order valence-electron chi connectivity index (χ3n) is 2.96. The van der Waals surface area contributed by atoms with E-state index < -0.39 is 0 Å². The first-order chi connectivity index (χ1) is 9.95. The van der Waals surface area contributed by atoms with E-state index in [1.165, 1.54) is 0 Å². The standard InChI is InChI=1S/C16H15BrClNO2/c1-10-8-13(4-5-14(10)17)21-9-16(20)19-15-6-3-12(18)7-11(15)2/h3-8H,9H2,1-2H3,(H,19,20). The molecule has 110 valence electrons. The van der Waals surface area contributed by atoms with Crippen LogP contribution in [0.25, 0.3) is 0 Å². The topological polar surface area (TPSA) is 38.3 Å². The molecule has 0 saturated carbocycles. The van der Waals surface area contributed by atoms with Crippen molar-refractivity contribution in [1.29, 1.82) is 0 Å². The fourth-order valence-electron chi connectivity index (χ4n) is 1.81. The zero-order chi connectivity index (χ0) is 15.4. The zero-order valence-electron chi connectivity index (χ0n) is 11.7. The lowest BCUT2D eigenvalue weighted by molar-refractivity contribution is -0.118. The number of halogens is 2. The molecular formula is C16H15BrClNO2. The number of anilines is 1. The fourth-order valence-corrected chi connectivity index (χ4v) is 2.28. The molecule has 0 bridgehead atoms. The van der Waals surface area contributed by atoms with Gasteiger partial charge in [0.15, 0.2) is 6.61 Å². The number of carbonyl (C=O) groups excluding carboxylic acids is 1. The third-order valence-corrected chi connectivity index (χ3v) is 4.09. The van der Waals surface area contributed by atoms with Crippen LogP contribution >= 0.6 is 27.5 Å². The molecule has 0 saturated heterocycles. The lowest BCUT2D eigenvalue weighted by Crippen LogP contribution is -2.20. The SMILES string of the molecule is Cc1cc(OCC(=O)Nc2ccc(Cl)cc2C)ccc1Br. The third kappa shape index (κ3) is 4.48. The minimum Gasteiger partial charge on any atom is -0.484 e. The van der Waals surface area contributed by atoms with Gasteiger partial charge in [0.2, 0.25) is 0 Å². The Balaban J connectivity index is 1.94. The van der Waals surface area contributed by atoms with Crippen LogP contribution in [0, 0.1) is 13.8 Å². The molecule has 0 heterocycles. The monoisotopic (exact) mass is 367 g/mol. The molecule has 0 fully saturated rings. The maximum Gasteiger partial charge on any atom is 0.262 e. The highest BCUT2D eigenvalue weighted by molar-refractivity contribution is 9.10. The van der Waals surface area contributed by atoms with E-state index >= 15 is 0 Å². The second-order valence-corrected chi connectivity index (χ2v) is 6.00. The van der Waals surface area contributed by atoms with Crippen LogP contribution in [0.5, 0.6) is 5.75 Å². The van der Waals surface area contributed by atoms with E-state index in [2.05, 4.69) is 21.2 Å². The van der Waals surface area contributed by atoms with Crippen molar-refractivity contribution in [1.82, 2.24) is 0 Å². The molecule has 2 aromatic carbocycles. The molecule has 0 aliphatic heterocycles. The molecule has 1 N–H and O–H groups in total. The van der Waals surface area contributed by atoms with Crippen molar-refractivity contribution in [3.8, 4) is 5.75 Å². The Morgan fingerprint density at radius 2 is 1.95 bits per heavy atom. The normalized spacial score (nSPS) is 10.3. The smallest absolute Gasteiger partial charge is 0.262 e. The molecular weight excluding hydrogens is 354 g/mol. The van der Waals surface area contributed by atoms with Crippen molar-refractivity contribution in [3.63, 3.8) is 0 Å². The van der Waals surface area contributed by atoms with Gasteiger partial charge < -0.3 is 10.1 Å². The van der Waals surface area contributed by atoms with Gasteiger partial charge in [0.25, 0.3) is 5.91 Å². The molecule has 0 radical (unpaired) electrons. The summed E-state index contributed by atoms with van der Waals surface area (Å²) in [5, 5.41) is 3.45. The fraction of sp³-hybridized carbons (Fsp3) is 0.188. The van der Waals surface area contributed by atoms with Crippen LogP contribution in [0.4, 0.5) is 5.69 Å². The second kappa shape index (κ2) is 6.96. The van der Waals surface area contributed by atoms with Crippen LogP contribution < -0.4 is 10.1 Å². The number of nitrogens with one attached hydrogen (secondary N) is 1. The number of hydrogen-bond donors (Lipinski definition) is 1. The maximum absolute atomic E-state index is 11.9. The minimum absolute atomic E-state index is 0.0386. The van der Waals surface area contributed by atoms with Crippen LogP contribution in [0.2, 0.25) is 5.02 Å². The van der Waals surface area contributed by atoms with Gasteiger partial charge in [0, 0.05) is 15.2 Å². The first-order valence-corrected chi connectivity index (χ1v) is 7.58. The van der Waals surface area contributed by atoms with Gasteiger partial charge in [0.05, 0.1) is 0 Å². The lowest BCUT2D eigenvalue weighted by atomic mass is 10.2. The molecule has 5 heteroatoms. The Morgan fingerprint density at radius 3 is 2.62 bits per heavy atom. The van der Waals surface area contributed by atoms with Gasteiger partial charge in [-0.3, -0.25) is 4.79 Å². The maximum atomic E-state index is 11.9. The number of aryl methyl sites for hydroxylation is 2. The van der Waals surface area contributed by atoms with Gasteiger partial charge in [-0.25, -0.2) is 0 Å². The molecule has 0 atom stereocenters. The van der Waals surface area contributed by atoms with Crippen molar-refractivity contribution >= 4 is 39.1 Å². The Bertz CT molecular complexity index is 673. The summed E-state index contributed by atoms with van der Waals surface area (Å²) >= 11 is 9.30. The molecule has 2 aromatic rings. The number of benzene rings is 2. The molecule has 2 rings (SSSR count). The Kier molecular flexibility index (Phi) is 5.26. The summed E-state index contributed by atoms with van der Waals surface area (Å²) in [4.78, 5) is 11.9. The van der Waals surface area contributed by atoms with Crippen molar-refractivity contribution in [2.24, 2.45) is 0 Å². The highest BCUT2D eigenvalue weighted by atomic mass is 79.9. The van der Waals surface area contributed by atoms with Gasteiger partial charge in [-0.05, 0) is 61.4 Å². The van der Waals surface area contributed by atoms with Crippen LogP contribution in [0.15, 0.2) is 40.9 Å². The minimum atomic E-state index is -0.207. The summed E-state index contributed by atoms with van der Waals surface area (Å²) in [6, 6.07) is 10.9. The van der Waals surface area contributed by atoms with Crippen molar-refractivity contribution in [2.75, 3.05) is 11.9 Å². The molecule has 0 aliphatic rings. The van der Waals surface area contributed by atoms with Crippen molar-refractivity contribution in [2.45, 2.75) is 13.8 Å². The molecule has 1 amide bonds. The van der Waals surface area contributed by atoms with Gasteiger partial charge in [-0.1, -0.05) is 27.5 Å². The summed E-state index contributed by atoms with van der Waals surface area (Å²) in [6.45, 7) is 3.82. The van der Waals surface area contributed by atoms with Crippen molar-refractivity contribution in [3.05, 3.63) is 57.0 Å². The molecule has 0 unspecified atom stereocenters. The molecule has 3 nitrogen and oxygen atoms in total. The van der Waals surface area contributed by atoms with Crippen LogP contribution in [0.1, 0.15) is 11.1 Å². The predicted molar refractivity (Wildman–Crippen MR) is 89.2 cm³/mol. The summed E-state index contributed by atoms with van der Waals surface area (Å²) in [5.41, 5.74) is 2.71. The predicted octanol–water partition coefficient (Wildman–Crippen LogP) is 4.74. The van der Waals surface area contributed by atoms with E-state index in [0.717, 1.165) is 21.3 Å². The van der Waals surface area contributed by atoms with Crippen LogP contribution in [-0.2, 0) is 4.79 Å². The number of hydrogen-bond acceptors (Lipinski definition) is 2. The highest BCUT2D eigenvalue weighted by Crippen LogP contribution is 2.22. The van der Waals surface area contributed by atoms with Crippen molar-refractivity contribution < 1.29 is 9.53 Å². The number of amides is 1. The summed E-state index contributed by atoms with van der Waals surface area (Å²) < 4.78 is 6.49. The van der Waals surface area contributed by atoms with Gasteiger partial charge in [-0.15, -0.1) is 0 Å². The Labute approximate surface area is 137 Å². The van der Waals surface area contributed by atoms with Gasteiger partial charge in [0.1, 0.15) is 5.75 Å². The van der Waals surface area contributed by atoms with E-state index in [4.69, 9.17) is 16.3 Å². The Morgan fingerprint density at radius 1 is 1.19 bits per heavy atom. The zero-order valence-corrected chi connectivity index (χ0v) is 14.1. The molecule has 0 aromatic heterocycles. The first-order valence-electron chi connectivity index (χ1n) is 6.40. The Hall–Kier alpha value is -1.52. The number of ether oxygens (including phenoxy) is 1. The van der Waals surface area contributed by atoms with Gasteiger partial charge in [-0.2, -0.15) is 0 Å². The summed E-state index contributed by atoms with van der Waals surface area (Å²) in [7, 11) is 0. The number of rotatable bonds is 4. The second-order valence-electron chi connectivity index (χ2n) is 4.71. The number of carbonyl (C=O) groups is 1. The average Bonchev–Trinajstić information content (AvgIpc) is 2.43. The quantitative estimate of drug-likeness (QED) is 0.846. The van der Waals surface area contributed by atoms with E-state index in [-0.39, 0.29) is 12.5 Å². The molecule has 0 spiro atoms. The van der Waals surface area contributed by atoms with E-state index in [0.29, 0.717) is 10.8 Å². The van der Waals surface area contributed by atoms with Crippen LogP contribution in [-0.4, -0.2) is 12.5 Å². The van der Waals surface area contributed by atoms with E-state index in [1.54, 1.807) is 18.2 Å². The highest BCUT2D eigenvalue weighted by Gasteiger charge is 2.07. The van der Waals surface area contributed by atoms with E-state index in [1.807, 2.05) is 32.0 Å². The lowest BCUT2D eigenvalue weighted by Gasteiger charge is -2.10. The molecule has 0 aliphatic carbocycles. The molecule has 21 heavy (non-hydrogen) atoms. The largest absolute Gasteiger partial charge is 0.484 e. The summed E-state index contributed by atoms with van der Waals surface area (Å²) in [5.74, 6) is 0.458.